The lowest BCUT2D eigenvalue weighted by molar-refractivity contribution is -0.135. The Morgan fingerprint density at radius 1 is 1.11 bits per heavy atom. The summed E-state index contributed by atoms with van der Waals surface area (Å²) >= 11 is 0. The molecular formula is C18H23N5O3S. The molecular weight excluding hydrogens is 366 g/mol. The van der Waals surface area contributed by atoms with Gasteiger partial charge in [-0.15, -0.1) is 0 Å². The van der Waals surface area contributed by atoms with E-state index in [0.717, 1.165) is 0 Å². The maximum absolute atomic E-state index is 13.0. The van der Waals surface area contributed by atoms with Crippen molar-refractivity contribution in [2.24, 2.45) is 5.92 Å². The number of hydrogen-bond acceptors (Lipinski definition) is 6. The predicted octanol–water partition coefficient (Wildman–Crippen LogP) is 1.34. The molecule has 0 N–H and O–H groups in total. The second kappa shape index (κ2) is 7.69. The van der Waals surface area contributed by atoms with Crippen LogP contribution in [-0.4, -0.2) is 64.7 Å². The molecule has 1 fully saturated rings. The summed E-state index contributed by atoms with van der Waals surface area (Å²) in [5.74, 6) is 0.341. The SMILES string of the molecule is Cc1nc(-c2ccccn2)ncc1S(=O)(=O)N1CCN(C(=O)C(C)C)CC1. The fraction of sp³-hybridized carbons (Fsp3) is 0.444. The van der Waals surface area contributed by atoms with Crippen molar-refractivity contribution in [3.05, 3.63) is 36.3 Å². The van der Waals surface area contributed by atoms with Gasteiger partial charge in [0.25, 0.3) is 0 Å². The largest absolute Gasteiger partial charge is 0.340 e. The van der Waals surface area contributed by atoms with Gasteiger partial charge in [0.05, 0.1) is 11.9 Å². The van der Waals surface area contributed by atoms with Crippen molar-refractivity contribution in [3.8, 4) is 11.5 Å². The van der Waals surface area contributed by atoms with Gasteiger partial charge in [0.15, 0.2) is 5.82 Å². The molecule has 0 aliphatic carbocycles. The van der Waals surface area contributed by atoms with Gasteiger partial charge >= 0.3 is 0 Å². The molecule has 3 rings (SSSR count). The molecule has 3 heterocycles. The fourth-order valence-corrected chi connectivity index (χ4v) is 4.51. The molecule has 0 saturated carbocycles. The molecule has 144 valence electrons. The zero-order valence-corrected chi connectivity index (χ0v) is 16.5. The number of piperazine rings is 1. The van der Waals surface area contributed by atoms with Crippen LogP contribution in [0.5, 0.6) is 0 Å². The third kappa shape index (κ3) is 3.98. The van der Waals surface area contributed by atoms with E-state index >= 15 is 0 Å². The van der Waals surface area contributed by atoms with E-state index in [4.69, 9.17) is 0 Å². The first-order chi connectivity index (χ1) is 12.8. The summed E-state index contributed by atoms with van der Waals surface area (Å²) in [4.78, 5) is 26.6. The maximum atomic E-state index is 13.0. The van der Waals surface area contributed by atoms with E-state index in [2.05, 4.69) is 15.0 Å². The van der Waals surface area contributed by atoms with Crippen LogP contribution in [0.15, 0.2) is 35.5 Å². The topological polar surface area (TPSA) is 96.4 Å². The highest BCUT2D eigenvalue weighted by Gasteiger charge is 2.32. The normalized spacial score (nSPS) is 15.9. The summed E-state index contributed by atoms with van der Waals surface area (Å²) in [5, 5.41) is 0. The van der Waals surface area contributed by atoms with Gasteiger partial charge in [-0.2, -0.15) is 4.31 Å². The molecule has 9 heteroatoms. The average Bonchev–Trinajstić information content (AvgIpc) is 2.67. The van der Waals surface area contributed by atoms with Gasteiger partial charge in [-0.3, -0.25) is 9.78 Å². The first-order valence-corrected chi connectivity index (χ1v) is 10.3. The minimum absolute atomic E-state index is 0.0475. The molecule has 0 atom stereocenters. The van der Waals surface area contributed by atoms with Crippen LogP contribution in [0.3, 0.4) is 0 Å². The molecule has 2 aromatic rings. The van der Waals surface area contributed by atoms with Gasteiger partial charge in [-0.1, -0.05) is 19.9 Å². The molecule has 0 aromatic carbocycles. The lowest BCUT2D eigenvalue weighted by Gasteiger charge is -2.34. The number of nitrogens with zero attached hydrogens (tertiary/aromatic N) is 5. The first kappa shape index (κ1) is 19.4. The van der Waals surface area contributed by atoms with Crippen LogP contribution < -0.4 is 0 Å². The Morgan fingerprint density at radius 2 is 1.81 bits per heavy atom. The van der Waals surface area contributed by atoms with Gasteiger partial charge in [-0.25, -0.2) is 18.4 Å². The number of aryl methyl sites for hydroxylation is 1. The number of aromatic nitrogens is 3. The molecule has 2 aromatic heterocycles. The maximum Gasteiger partial charge on any atom is 0.246 e. The van der Waals surface area contributed by atoms with Crippen molar-refractivity contribution in [2.75, 3.05) is 26.2 Å². The molecule has 0 spiro atoms. The van der Waals surface area contributed by atoms with Crippen LogP contribution in [0.1, 0.15) is 19.5 Å². The van der Waals surface area contributed by atoms with Crippen molar-refractivity contribution >= 4 is 15.9 Å². The second-order valence-electron chi connectivity index (χ2n) is 6.74. The van der Waals surface area contributed by atoms with Crippen molar-refractivity contribution in [2.45, 2.75) is 25.7 Å². The van der Waals surface area contributed by atoms with E-state index in [-0.39, 0.29) is 29.8 Å². The van der Waals surface area contributed by atoms with Crippen molar-refractivity contribution < 1.29 is 13.2 Å². The highest BCUT2D eigenvalue weighted by Crippen LogP contribution is 2.22. The highest BCUT2D eigenvalue weighted by molar-refractivity contribution is 7.89. The second-order valence-corrected chi connectivity index (χ2v) is 8.65. The van der Waals surface area contributed by atoms with Crippen LogP contribution >= 0.6 is 0 Å². The van der Waals surface area contributed by atoms with E-state index in [1.165, 1.54) is 10.5 Å². The van der Waals surface area contributed by atoms with Gasteiger partial charge in [0, 0.05) is 38.3 Å². The Labute approximate surface area is 159 Å². The zero-order valence-electron chi connectivity index (χ0n) is 15.7. The predicted molar refractivity (Wildman–Crippen MR) is 100 cm³/mol. The Hall–Kier alpha value is -2.39. The summed E-state index contributed by atoms with van der Waals surface area (Å²) in [6.07, 6.45) is 2.98. The monoisotopic (exact) mass is 389 g/mol. The number of rotatable bonds is 4. The lowest BCUT2D eigenvalue weighted by Crippen LogP contribution is -2.51. The molecule has 1 aliphatic rings. The number of carbonyl (C=O) groups excluding carboxylic acids is 1. The fourth-order valence-electron chi connectivity index (χ4n) is 2.98. The number of hydrogen-bond donors (Lipinski definition) is 0. The molecule has 0 radical (unpaired) electrons. The Balaban J connectivity index is 1.79. The van der Waals surface area contributed by atoms with Crippen molar-refractivity contribution in [1.29, 1.82) is 0 Å². The van der Waals surface area contributed by atoms with E-state index in [0.29, 0.717) is 30.3 Å². The van der Waals surface area contributed by atoms with Crippen LogP contribution in [0.4, 0.5) is 0 Å². The van der Waals surface area contributed by atoms with Gasteiger partial charge in [-0.05, 0) is 19.1 Å². The molecule has 1 saturated heterocycles. The van der Waals surface area contributed by atoms with Gasteiger partial charge in [0.1, 0.15) is 10.6 Å². The number of carbonyl (C=O) groups is 1. The number of sulfonamides is 1. The van der Waals surface area contributed by atoms with Crippen molar-refractivity contribution in [3.63, 3.8) is 0 Å². The summed E-state index contributed by atoms with van der Waals surface area (Å²) < 4.78 is 27.4. The quantitative estimate of drug-likeness (QED) is 0.783. The summed E-state index contributed by atoms with van der Waals surface area (Å²) in [7, 11) is -3.71. The summed E-state index contributed by atoms with van der Waals surface area (Å²) in [6, 6.07) is 5.39. The third-order valence-electron chi connectivity index (χ3n) is 4.49. The van der Waals surface area contributed by atoms with Crippen LogP contribution in [0.25, 0.3) is 11.5 Å². The Bertz CT molecular complexity index is 923. The zero-order chi connectivity index (χ0) is 19.6. The Morgan fingerprint density at radius 3 is 2.37 bits per heavy atom. The highest BCUT2D eigenvalue weighted by atomic mass is 32.2. The van der Waals surface area contributed by atoms with E-state index in [9.17, 15) is 13.2 Å². The van der Waals surface area contributed by atoms with Crippen LogP contribution in [0.2, 0.25) is 0 Å². The van der Waals surface area contributed by atoms with E-state index < -0.39 is 10.0 Å². The van der Waals surface area contributed by atoms with E-state index in [1.807, 2.05) is 19.9 Å². The van der Waals surface area contributed by atoms with E-state index in [1.54, 1.807) is 30.2 Å². The van der Waals surface area contributed by atoms with Crippen LogP contribution in [-0.2, 0) is 14.8 Å². The lowest BCUT2D eigenvalue weighted by atomic mass is 10.2. The minimum Gasteiger partial charge on any atom is -0.340 e. The third-order valence-corrected chi connectivity index (χ3v) is 6.49. The minimum atomic E-state index is -3.71. The molecule has 0 bridgehead atoms. The smallest absolute Gasteiger partial charge is 0.246 e. The van der Waals surface area contributed by atoms with Gasteiger partial charge < -0.3 is 4.90 Å². The molecule has 8 nitrogen and oxygen atoms in total. The summed E-state index contributed by atoms with van der Waals surface area (Å²) in [5.41, 5.74) is 0.969. The number of amides is 1. The summed E-state index contributed by atoms with van der Waals surface area (Å²) in [6.45, 7) is 6.65. The first-order valence-electron chi connectivity index (χ1n) is 8.84. The standard InChI is InChI=1S/C18H23N5O3S/c1-13(2)18(24)22-8-10-23(11-9-22)27(25,26)16-12-20-17(21-14(16)3)15-6-4-5-7-19-15/h4-7,12-13H,8-11H2,1-3H3. The molecule has 1 amide bonds. The van der Waals surface area contributed by atoms with Crippen LogP contribution in [0, 0.1) is 12.8 Å². The molecule has 1 aliphatic heterocycles. The average molecular weight is 389 g/mol. The Kier molecular flexibility index (Phi) is 5.52. The van der Waals surface area contributed by atoms with Crippen molar-refractivity contribution in [1.82, 2.24) is 24.2 Å². The number of pyridine rings is 1. The van der Waals surface area contributed by atoms with Gasteiger partial charge in [0.2, 0.25) is 15.9 Å². The molecule has 27 heavy (non-hydrogen) atoms. The molecule has 0 unspecified atom stereocenters.